The van der Waals surface area contributed by atoms with E-state index in [1.807, 2.05) is 6.92 Å². The number of halogens is 1. The fourth-order valence-corrected chi connectivity index (χ4v) is 2.77. The number of aromatic nitrogens is 1. The summed E-state index contributed by atoms with van der Waals surface area (Å²) >= 11 is 0. The first kappa shape index (κ1) is 19.6. The van der Waals surface area contributed by atoms with Crippen LogP contribution < -0.4 is 15.0 Å². The average Bonchev–Trinajstić information content (AvgIpc) is 3.17. The number of nitrogens with zero attached hydrogens (tertiary/aromatic N) is 1. The summed E-state index contributed by atoms with van der Waals surface area (Å²) in [6, 6.07) is 13.2. The molecule has 0 bridgehead atoms. The summed E-state index contributed by atoms with van der Waals surface area (Å²) in [4.78, 5) is 17.6. The number of rotatable bonds is 8. The van der Waals surface area contributed by atoms with Crippen molar-refractivity contribution < 1.29 is 23.2 Å². The average molecular weight is 384 g/mol. The zero-order valence-corrected chi connectivity index (χ0v) is 15.9. The minimum absolute atomic E-state index is 0.0904. The molecule has 28 heavy (non-hydrogen) atoms. The third-order valence-corrected chi connectivity index (χ3v) is 4.37. The number of ether oxygens (including phenoxy) is 1. The molecule has 0 saturated heterocycles. The summed E-state index contributed by atoms with van der Waals surface area (Å²) in [6.45, 7) is 3.51. The fraction of sp³-hybridized carbons (Fsp3) is 0.238. The first-order chi connectivity index (χ1) is 13.6. The summed E-state index contributed by atoms with van der Waals surface area (Å²) in [5, 5.41) is 2.88. The Kier molecular flexibility index (Phi) is 6.39. The summed E-state index contributed by atoms with van der Waals surface area (Å²) < 4.78 is 23.9. The first-order valence-corrected chi connectivity index (χ1v) is 9.05. The van der Waals surface area contributed by atoms with Gasteiger partial charge in [-0.25, -0.2) is 9.37 Å². The molecule has 0 saturated carbocycles. The number of anilines is 1. The van der Waals surface area contributed by atoms with Crippen LogP contribution in [0.15, 0.2) is 59.1 Å². The minimum Gasteiger partial charge on any atom is -0.497 e. The monoisotopic (exact) mass is 384 g/mol. The van der Waals surface area contributed by atoms with Crippen LogP contribution in [0.2, 0.25) is 0 Å². The highest BCUT2D eigenvalue weighted by Gasteiger charge is 2.17. The molecule has 3 rings (SSSR count). The second-order valence-corrected chi connectivity index (χ2v) is 6.36. The van der Waals surface area contributed by atoms with E-state index in [0.717, 1.165) is 28.4 Å². The van der Waals surface area contributed by atoms with E-state index in [1.165, 1.54) is 12.1 Å². The van der Waals surface area contributed by atoms with Crippen LogP contribution in [-0.4, -0.2) is 31.1 Å². The van der Waals surface area contributed by atoms with Crippen molar-refractivity contribution in [3.05, 3.63) is 66.4 Å². The van der Waals surface area contributed by atoms with Crippen LogP contribution in [0.5, 0.6) is 5.75 Å². The molecule has 0 spiro atoms. The van der Waals surface area contributed by atoms with Gasteiger partial charge in [-0.2, -0.15) is 0 Å². The molecule has 0 aliphatic carbocycles. The van der Waals surface area contributed by atoms with Crippen molar-refractivity contribution >= 4 is 11.6 Å². The largest absolute Gasteiger partial charge is 0.497 e. The molecule has 0 fully saturated rings. The Labute approximate surface area is 162 Å². The molecule has 6 nitrogen and oxygen atoms in total. The molecule has 0 aliphatic rings. The lowest BCUT2D eigenvalue weighted by molar-refractivity contribution is -0.905. The summed E-state index contributed by atoms with van der Waals surface area (Å²) in [5.74, 6) is 1.46. The van der Waals surface area contributed by atoms with Crippen molar-refractivity contribution in [3.8, 4) is 17.1 Å². The number of methoxy groups -OCH3 is 1. The Balaban J connectivity index is 1.57. The van der Waals surface area contributed by atoms with Crippen molar-refractivity contribution in [2.75, 3.05) is 25.5 Å². The van der Waals surface area contributed by atoms with Crippen LogP contribution in [0.3, 0.4) is 0 Å². The molecular formula is C21H23FN3O3+. The Bertz CT molecular complexity index is 907. The number of oxazole rings is 1. The van der Waals surface area contributed by atoms with Gasteiger partial charge in [-0.05, 0) is 55.5 Å². The molecular weight excluding hydrogens is 361 g/mol. The van der Waals surface area contributed by atoms with Gasteiger partial charge < -0.3 is 19.4 Å². The van der Waals surface area contributed by atoms with E-state index in [1.54, 1.807) is 49.7 Å². The number of nitrogens with one attached hydrogen (secondary N) is 2. The number of carbonyl (C=O) groups excluding carboxylic acids is 1. The molecule has 0 aliphatic heterocycles. The standard InChI is InChI=1S/C21H22FN3O3/c1-3-25(13-20(26)24-17-8-10-18(27-2)11-9-17)14-21-23-12-19(28-21)15-4-6-16(22)7-5-15/h4-12H,3,13-14H2,1-2H3,(H,24,26)/p+1. The van der Waals surface area contributed by atoms with Crippen molar-refractivity contribution in [2.45, 2.75) is 13.5 Å². The normalized spacial score (nSPS) is 11.8. The van der Waals surface area contributed by atoms with Gasteiger partial charge in [-0.15, -0.1) is 0 Å². The number of quaternary nitrogens is 1. The molecule has 1 heterocycles. The van der Waals surface area contributed by atoms with Gasteiger partial charge in [0.05, 0.1) is 19.9 Å². The van der Waals surface area contributed by atoms with E-state index in [4.69, 9.17) is 9.15 Å². The first-order valence-electron chi connectivity index (χ1n) is 9.05. The predicted octanol–water partition coefficient (Wildman–Crippen LogP) is 2.53. The van der Waals surface area contributed by atoms with Crippen molar-refractivity contribution in [3.63, 3.8) is 0 Å². The molecule has 3 aromatic rings. The highest BCUT2D eigenvalue weighted by molar-refractivity contribution is 5.91. The van der Waals surface area contributed by atoms with E-state index < -0.39 is 0 Å². The van der Waals surface area contributed by atoms with Gasteiger partial charge in [0.15, 0.2) is 18.8 Å². The Morgan fingerprint density at radius 2 is 1.89 bits per heavy atom. The van der Waals surface area contributed by atoms with Gasteiger partial charge in [-0.1, -0.05) is 0 Å². The highest BCUT2D eigenvalue weighted by Crippen LogP contribution is 2.20. The molecule has 1 atom stereocenters. The van der Waals surface area contributed by atoms with Crippen LogP contribution >= 0.6 is 0 Å². The Morgan fingerprint density at radius 1 is 1.18 bits per heavy atom. The number of hydrogen-bond donors (Lipinski definition) is 2. The van der Waals surface area contributed by atoms with Crippen LogP contribution in [0, 0.1) is 5.82 Å². The molecule has 1 amide bonds. The molecule has 1 aromatic heterocycles. The maximum Gasteiger partial charge on any atom is 0.279 e. The number of likely N-dealkylation sites (N-methyl/N-ethyl adjacent to an activating group) is 1. The zero-order valence-electron chi connectivity index (χ0n) is 15.9. The molecule has 2 N–H and O–H groups in total. The minimum atomic E-state index is -0.298. The van der Waals surface area contributed by atoms with Gasteiger partial charge in [-0.3, -0.25) is 4.79 Å². The Morgan fingerprint density at radius 3 is 2.54 bits per heavy atom. The topological polar surface area (TPSA) is 68.8 Å². The SMILES string of the molecule is CC[NH+](CC(=O)Nc1ccc(OC)cc1)Cc1ncc(-c2ccc(F)cc2)o1. The smallest absolute Gasteiger partial charge is 0.279 e. The zero-order chi connectivity index (χ0) is 19.9. The maximum atomic E-state index is 13.0. The van der Waals surface area contributed by atoms with E-state index >= 15 is 0 Å². The maximum absolute atomic E-state index is 13.0. The van der Waals surface area contributed by atoms with Gasteiger partial charge in [0.25, 0.3) is 11.8 Å². The number of amides is 1. The number of benzene rings is 2. The highest BCUT2D eigenvalue weighted by atomic mass is 19.1. The lowest BCUT2D eigenvalue weighted by atomic mass is 10.2. The second-order valence-electron chi connectivity index (χ2n) is 6.36. The van der Waals surface area contributed by atoms with Gasteiger partial charge in [0, 0.05) is 11.3 Å². The number of carbonyl (C=O) groups is 1. The fourth-order valence-electron chi connectivity index (χ4n) is 2.77. The molecule has 7 heteroatoms. The Hall–Kier alpha value is -3.19. The third-order valence-electron chi connectivity index (χ3n) is 4.37. The van der Waals surface area contributed by atoms with Crippen LogP contribution in [0.1, 0.15) is 12.8 Å². The van der Waals surface area contributed by atoms with E-state index in [0.29, 0.717) is 18.2 Å². The van der Waals surface area contributed by atoms with Crippen LogP contribution in [0.4, 0.5) is 10.1 Å². The predicted molar refractivity (Wildman–Crippen MR) is 104 cm³/mol. The van der Waals surface area contributed by atoms with E-state index in [-0.39, 0.29) is 18.3 Å². The van der Waals surface area contributed by atoms with Gasteiger partial charge in [0.2, 0.25) is 0 Å². The third kappa shape index (κ3) is 5.17. The molecule has 146 valence electrons. The molecule has 0 radical (unpaired) electrons. The van der Waals surface area contributed by atoms with Gasteiger partial charge in [0.1, 0.15) is 11.6 Å². The lowest BCUT2D eigenvalue weighted by Gasteiger charge is -2.15. The van der Waals surface area contributed by atoms with Gasteiger partial charge >= 0.3 is 0 Å². The van der Waals surface area contributed by atoms with E-state index in [9.17, 15) is 9.18 Å². The molecule has 2 aromatic carbocycles. The van der Waals surface area contributed by atoms with Crippen molar-refractivity contribution in [1.29, 1.82) is 0 Å². The van der Waals surface area contributed by atoms with Crippen molar-refractivity contribution in [1.82, 2.24) is 4.98 Å². The quantitative estimate of drug-likeness (QED) is 0.626. The second kappa shape index (κ2) is 9.14. The summed E-state index contributed by atoms with van der Waals surface area (Å²) in [6.07, 6.45) is 1.62. The number of hydrogen-bond acceptors (Lipinski definition) is 4. The van der Waals surface area contributed by atoms with Crippen LogP contribution in [-0.2, 0) is 11.3 Å². The van der Waals surface area contributed by atoms with Crippen molar-refractivity contribution in [2.24, 2.45) is 0 Å². The summed E-state index contributed by atoms with van der Waals surface area (Å²) in [7, 11) is 1.60. The van der Waals surface area contributed by atoms with Crippen LogP contribution in [0.25, 0.3) is 11.3 Å². The molecule has 1 unspecified atom stereocenters. The lowest BCUT2D eigenvalue weighted by Crippen LogP contribution is -3.11. The van der Waals surface area contributed by atoms with E-state index in [2.05, 4.69) is 10.3 Å². The summed E-state index contributed by atoms with van der Waals surface area (Å²) in [5.41, 5.74) is 1.48.